The maximum absolute atomic E-state index is 12.4. The third-order valence-electron chi connectivity index (χ3n) is 2.99. The normalized spacial score (nSPS) is 13.4. The fraction of sp³-hybridized carbons (Fsp3) is 0.400. The number of hydrogen-bond acceptors (Lipinski definition) is 4. The quantitative estimate of drug-likeness (QED) is 0.881. The van der Waals surface area contributed by atoms with E-state index >= 15 is 0 Å². The molecule has 2 aromatic rings. The highest BCUT2D eigenvalue weighted by molar-refractivity contribution is 7.84. The van der Waals surface area contributed by atoms with Crippen molar-refractivity contribution in [2.24, 2.45) is 0 Å². The van der Waals surface area contributed by atoms with Crippen LogP contribution in [0.2, 0.25) is 0 Å². The van der Waals surface area contributed by atoms with Gasteiger partial charge in [0.25, 0.3) is 0 Å². The molecule has 2 N–H and O–H groups in total. The molecule has 0 aliphatic carbocycles. The van der Waals surface area contributed by atoms with Gasteiger partial charge in [-0.1, -0.05) is 26.8 Å². The van der Waals surface area contributed by atoms with Crippen molar-refractivity contribution in [3.8, 4) is 0 Å². The summed E-state index contributed by atoms with van der Waals surface area (Å²) >= 11 is 1.56. The molecule has 0 bridgehead atoms. The Kier molecular flexibility index (Phi) is 4.30. The Bertz CT molecular complexity index is 642. The van der Waals surface area contributed by atoms with Gasteiger partial charge in [0, 0.05) is 16.5 Å². The Labute approximate surface area is 126 Å². The molecule has 1 heterocycles. The SMILES string of the molecule is Cc1ccc(N)c(S(=O)Cc2nc(C(C)(C)C)cs2)c1. The Hall–Kier alpha value is -1.20. The second-order valence-corrected chi connectivity index (χ2v) is 8.27. The van der Waals surface area contributed by atoms with Crippen molar-refractivity contribution in [1.82, 2.24) is 4.98 Å². The molecule has 108 valence electrons. The molecule has 0 spiro atoms. The Morgan fingerprint density at radius 3 is 2.65 bits per heavy atom. The van der Waals surface area contributed by atoms with Crippen LogP contribution < -0.4 is 5.73 Å². The van der Waals surface area contributed by atoms with Crippen molar-refractivity contribution in [2.75, 3.05) is 5.73 Å². The summed E-state index contributed by atoms with van der Waals surface area (Å²) in [5, 5.41) is 2.95. The molecule has 1 atom stereocenters. The van der Waals surface area contributed by atoms with Gasteiger partial charge in [-0.15, -0.1) is 11.3 Å². The van der Waals surface area contributed by atoms with E-state index in [-0.39, 0.29) is 5.41 Å². The van der Waals surface area contributed by atoms with Crippen LogP contribution in [0, 0.1) is 6.92 Å². The van der Waals surface area contributed by atoms with Crippen LogP contribution in [0.15, 0.2) is 28.5 Å². The van der Waals surface area contributed by atoms with E-state index in [1.807, 2.05) is 30.5 Å². The molecular formula is C15H20N2OS2. The minimum Gasteiger partial charge on any atom is -0.398 e. The zero-order valence-electron chi connectivity index (χ0n) is 12.3. The average molecular weight is 308 g/mol. The van der Waals surface area contributed by atoms with Gasteiger partial charge in [-0.25, -0.2) is 4.98 Å². The topological polar surface area (TPSA) is 56.0 Å². The van der Waals surface area contributed by atoms with Gasteiger partial charge >= 0.3 is 0 Å². The minimum atomic E-state index is -1.15. The first-order chi connectivity index (χ1) is 9.27. The van der Waals surface area contributed by atoms with Crippen molar-refractivity contribution < 1.29 is 4.21 Å². The molecule has 5 heteroatoms. The zero-order chi connectivity index (χ0) is 14.9. The van der Waals surface area contributed by atoms with Crippen LogP contribution in [-0.4, -0.2) is 9.19 Å². The van der Waals surface area contributed by atoms with Gasteiger partial charge in [-0.3, -0.25) is 4.21 Å². The van der Waals surface area contributed by atoms with Gasteiger partial charge in [0.1, 0.15) is 5.01 Å². The molecule has 0 saturated heterocycles. The second-order valence-electron chi connectivity index (χ2n) is 5.91. The number of anilines is 1. The summed E-state index contributed by atoms with van der Waals surface area (Å²) in [5.74, 6) is 0.425. The number of thiazole rings is 1. The lowest BCUT2D eigenvalue weighted by molar-refractivity contribution is 0.571. The summed E-state index contributed by atoms with van der Waals surface area (Å²) in [7, 11) is -1.15. The lowest BCUT2D eigenvalue weighted by atomic mass is 9.93. The highest BCUT2D eigenvalue weighted by Gasteiger charge is 2.18. The standard InChI is InChI=1S/C15H20N2OS2/c1-10-5-6-11(16)12(7-10)20(18)9-14-17-13(8-19-14)15(2,3)4/h5-8H,9,16H2,1-4H3. The second kappa shape index (κ2) is 5.66. The molecule has 0 aliphatic heterocycles. The van der Waals surface area contributed by atoms with Crippen molar-refractivity contribution in [3.63, 3.8) is 0 Å². The number of benzene rings is 1. The molecule has 2 rings (SSSR count). The summed E-state index contributed by atoms with van der Waals surface area (Å²) in [6.45, 7) is 8.35. The predicted molar refractivity (Wildman–Crippen MR) is 86.5 cm³/mol. The van der Waals surface area contributed by atoms with Gasteiger partial charge in [0.15, 0.2) is 0 Å². The summed E-state index contributed by atoms with van der Waals surface area (Å²) in [4.78, 5) is 5.29. The van der Waals surface area contributed by atoms with Crippen LogP contribution in [0.5, 0.6) is 0 Å². The van der Waals surface area contributed by atoms with E-state index in [4.69, 9.17) is 5.73 Å². The Morgan fingerprint density at radius 2 is 2.05 bits per heavy atom. The number of aromatic nitrogens is 1. The molecule has 0 saturated carbocycles. The Morgan fingerprint density at radius 1 is 1.35 bits per heavy atom. The largest absolute Gasteiger partial charge is 0.398 e. The van der Waals surface area contributed by atoms with Crippen LogP contribution in [0.25, 0.3) is 0 Å². The van der Waals surface area contributed by atoms with E-state index in [0.29, 0.717) is 16.3 Å². The first-order valence-electron chi connectivity index (χ1n) is 6.47. The highest BCUT2D eigenvalue weighted by Crippen LogP contribution is 2.26. The molecule has 1 aromatic heterocycles. The third-order valence-corrected chi connectivity index (χ3v) is 5.40. The number of hydrogen-bond donors (Lipinski definition) is 1. The van der Waals surface area contributed by atoms with Gasteiger partial charge < -0.3 is 5.73 Å². The summed E-state index contributed by atoms with van der Waals surface area (Å²) in [6.07, 6.45) is 0. The molecule has 0 radical (unpaired) electrons. The van der Waals surface area contributed by atoms with Gasteiger partial charge in [-0.2, -0.15) is 0 Å². The fourth-order valence-corrected chi connectivity index (χ4v) is 4.24. The van der Waals surface area contributed by atoms with E-state index < -0.39 is 10.8 Å². The smallest absolute Gasteiger partial charge is 0.106 e. The van der Waals surface area contributed by atoms with E-state index in [2.05, 4.69) is 25.8 Å². The van der Waals surface area contributed by atoms with E-state index in [1.54, 1.807) is 11.3 Å². The maximum Gasteiger partial charge on any atom is 0.106 e. The average Bonchev–Trinajstić information content (AvgIpc) is 2.80. The fourth-order valence-electron chi connectivity index (χ4n) is 1.75. The number of nitrogens with zero attached hydrogens (tertiary/aromatic N) is 1. The molecular weight excluding hydrogens is 288 g/mol. The molecule has 0 amide bonds. The maximum atomic E-state index is 12.4. The molecule has 0 fully saturated rings. The Balaban J connectivity index is 2.20. The lowest BCUT2D eigenvalue weighted by Gasteiger charge is -2.14. The van der Waals surface area contributed by atoms with Crippen LogP contribution in [0.3, 0.4) is 0 Å². The van der Waals surface area contributed by atoms with Crippen LogP contribution >= 0.6 is 11.3 Å². The van der Waals surface area contributed by atoms with Gasteiger partial charge in [0.05, 0.1) is 27.1 Å². The number of aryl methyl sites for hydroxylation is 1. The van der Waals surface area contributed by atoms with Crippen molar-refractivity contribution >= 4 is 27.8 Å². The van der Waals surface area contributed by atoms with Crippen molar-refractivity contribution in [1.29, 1.82) is 0 Å². The van der Waals surface area contributed by atoms with E-state index in [0.717, 1.165) is 16.3 Å². The molecule has 1 aromatic carbocycles. The number of nitrogens with two attached hydrogens (primary N) is 1. The predicted octanol–water partition coefficient (Wildman–Crippen LogP) is 3.64. The van der Waals surface area contributed by atoms with Crippen LogP contribution in [0.1, 0.15) is 37.0 Å². The van der Waals surface area contributed by atoms with Gasteiger partial charge in [-0.05, 0) is 24.6 Å². The molecule has 0 aliphatic rings. The van der Waals surface area contributed by atoms with Crippen molar-refractivity contribution in [2.45, 2.75) is 43.8 Å². The summed E-state index contributed by atoms with van der Waals surface area (Å²) in [5.41, 5.74) is 8.63. The zero-order valence-corrected chi connectivity index (χ0v) is 13.9. The lowest BCUT2D eigenvalue weighted by Crippen LogP contribution is -2.11. The number of nitrogen functional groups attached to an aromatic ring is 1. The highest BCUT2D eigenvalue weighted by atomic mass is 32.2. The summed E-state index contributed by atoms with van der Waals surface area (Å²) < 4.78 is 12.4. The number of rotatable bonds is 3. The third kappa shape index (κ3) is 3.46. The van der Waals surface area contributed by atoms with Gasteiger partial charge in [0.2, 0.25) is 0 Å². The first-order valence-corrected chi connectivity index (χ1v) is 8.66. The van der Waals surface area contributed by atoms with Crippen LogP contribution in [-0.2, 0) is 22.0 Å². The monoisotopic (exact) mass is 308 g/mol. The molecule has 1 unspecified atom stereocenters. The molecule has 3 nitrogen and oxygen atoms in total. The van der Waals surface area contributed by atoms with E-state index in [1.165, 1.54) is 0 Å². The van der Waals surface area contributed by atoms with E-state index in [9.17, 15) is 4.21 Å². The first kappa shape index (κ1) is 15.2. The molecule has 20 heavy (non-hydrogen) atoms. The summed E-state index contributed by atoms with van der Waals surface area (Å²) in [6, 6.07) is 5.63. The minimum absolute atomic E-state index is 0.0264. The van der Waals surface area contributed by atoms with Crippen LogP contribution in [0.4, 0.5) is 5.69 Å². The van der Waals surface area contributed by atoms with Crippen molar-refractivity contribution in [3.05, 3.63) is 39.8 Å².